The van der Waals surface area contributed by atoms with E-state index in [1.54, 1.807) is 19.1 Å². The van der Waals surface area contributed by atoms with E-state index in [9.17, 15) is 4.79 Å². The van der Waals surface area contributed by atoms with Gasteiger partial charge >= 0.3 is 5.97 Å². The van der Waals surface area contributed by atoms with Crippen LogP contribution in [0.5, 0.6) is 5.75 Å². The molecule has 18 heavy (non-hydrogen) atoms. The van der Waals surface area contributed by atoms with Crippen LogP contribution in [-0.2, 0) is 6.61 Å². The van der Waals surface area contributed by atoms with Gasteiger partial charge in [-0.2, -0.15) is 0 Å². The highest BCUT2D eigenvalue weighted by molar-refractivity contribution is 9.10. The normalized spacial score (nSPS) is 10.3. The summed E-state index contributed by atoms with van der Waals surface area (Å²) in [5.41, 5.74) is 0.0782. The molecule has 0 bridgehead atoms. The molecule has 0 atom stereocenters. The van der Waals surface area contributed by atoms with E-state index in [1.165, 1.54) is 6.07 Å². The number of rotatable bonds is 4. The van der Waals surface area contributed by atoms with Crippen LogP contribution in [0.1, 0.15) is 22.1 Å². The number of carboxylic acids is 1. The van der Waals surface area contributed by atoms with E-state index < -0.39 is 5.97 Å². The Balaban J connectivity index is 2.17. The summed E-state index contributed by atoms with van der Waals surface area (Å²) in [6, 6.07) is 4.67. The maximum absolute atomic E-state index is 11.0. The highest BCUT2D eigenvalue weighted by atomic mass is 79.9. The van der Waals surface area contributed by atoms with Gasteiger partial charge in [0.25, 0.3) is 5.89 Å². The van der Waals surface area contributed by atoms with E-state index in [0.717, 1.165) is 4.47 Å². The Kier molecular flexibility index (Phi) is 3.61. The third-order valence-corrected chi connectivity index (χ3v) is 2.59. The predicted molar refractivity (Wildman–Crippen MR) is 64.5 cm³/mol. The molecule has 0 radical (unpaired) electrons. The molecule has 1 aromatic carbocycles. The molecule has 0 spiro atoms. The van der Waals surface area contributed by atoms with E-state index >= 15 is 0 Å². The van der Waals surface area contributed by atoms with Gasteiger partial charge in [-0.3, -0.25) is 0 Å². The molecule has 0 unspecified atom stereocenters. The van der Waals surface area contributed by atoms with Gasteiger partial charge in [0, 0.05) is 11.4 Å². The molecular formula is C11H9BrN2O4. The molecule has 7 heteroatoms. The largest absolute Gasteiger partial charge is 0.483 e. The number of ether oxygens (including phenoxy) is 1. The molecule has 0 fully saturated rings. The number of aryl methyl sites for hydroxylation is 1. The van der Waals surface area contributed by atoms with Gasteiger partial charge in [0.15, 0.2) is 6.61 Å². The molecule has 0 aliphatic carbocycles. The van der Waals surface area contributed by atoms with Crippen LogP contribution >= 0.6 is 15.9 Å². The van der Waals surface area contributed by atoms with Crippen LogP contribution in [0.25, 0.3) is 0 Å². The first kappa shape index (κ1) is 12.6. The Bertz CT molecular complexity index is 582. The van der Waals surface area contributed by atoms with Gasteiger partial charge in [-0.25, -0.2) is 4.79 Å². The van der Waals surface area contributed by atoms with Gasteiger partial charge in [-0.15, -0.1) is 10.2 Å². The number of hydrogen-bond acceptors (Lipinski definition) is 5. The summed E-state index contributed by atoms with van der Waals surface area (Å²) in [6.07, 6.45) is 0. The van der Waals surface area contributed by atoms with Crippen LogP contribution < -0.4 is 4.74 Å². The highest BCUT2D eigenvalue weighted by Gasteiger charge is 2.13. The van der Waals surface area contributed by atoms with Crippen LogP contribution in [0.4, 0.5) is 0 Å². The van der Waals surface area contributed by atoms with Crippen molar-refractivity contribution in [3.63, 3.8) is 0 Å². The van der Waals surface area contributed by atoms with E-state index in [0.29, 0.717) is 11.8 Å². The third-order valence-electron chi connectivity index (χ3n) is 2.09. The van der Waals surface area contributed by atoms with Gasteiger partial charge in [-0.05, 0) is 18.2 Å². The van der Waals surface area contributed by atoms with Gasteiger partial charge < -0.3 is 14.3 Å². The second kappa shape index (κ2) is 5.18. The van der Waals surface area contributed by atoms with Crippen LogP contribution in [0.3, 0.4) is 0 Å². The number of hydrogen-bond donors (Lipinski definition) is 1. The fraction of sp³-hybridized carbons (Fsp3) is 0.182. The van der Waals surface area contributed by atoms with Crippen molar-refractivity contribution in [3.05, 3.63) is 40.0 Å². The molecule has 0 saturated heterocycles. The van der Waals surface area contributed by atoms with Gasteiger partial charge in [0.1, 0.15) is 11.3 Å². The maximum atomic E-state index is 11.0. The van der Waals surface area contributed by atoms with Crippen molar-refractivity contribution in [2.45, 2.75) is 13.5 Å². The zero-order valence-electron chi connectivity index (χ0n) is 9.38. The molecule has 0 aliphatic heterocycles. The Morgan fingerprint density at radius 3 is 2.89 bits per heavy atom. The zero-order chi connectivity index (χ0) is 13.1. The van der Waals surface area contributed by atoms with Gasteiger partial charge in [0.2, 0.25) is 5.89 Å². The number of benzene rings is 1. The minimum Gasteiger partial charge on any atom is -0.483 e. The Labute approximate surface area is 111 Å². The van der Waals surface area contributed by atoms with Crippen LogP contribution in [0.2, 0.25) is 0 Å². The summed E-state index contributed by atoms with van der Waals surface area (Å²) < 4.78 is 11.2. The fourth-order valence-corrected chi connectivity index (χ4v) is 1.67. The van der Waals surface area contributed by atoms with E-state index in [-0.39, 0.29) is 17.9 Å². The summed E-state index contributed by atoms with van der Waals surface area (Å²) in [7, 11) is 0. The first-order valence-electron chi connectivity index (χ1n) is 5.01. The quantitative estimate of drug-likeness (QED) is 0.933. The first-order chi connectivity index (χ1) is 8.56. The lowest BCUT2D eigenvalue weighted by atomic mass is 10.2. The molecule has 0 aliphatic rings. The minimum atomic E-state index is -1.06. The summed E-state index contributed by atoms with van der Waals surface area (Å²) in [5.74, 6) is -0.0861. The van der Waals surface area contributed by atoms with Crippen molar-refractivity contribution >= 4 is 21.9 Å². The lowest BCUT2D eigenvalue weighted by Gasteiger charge is -2.07. The predicted octanol–water partition coefficient (Wildman–Crippen LogP) is 2.42. The molecule has 0 saturated carbocycles. The van der Waals surface area contributed by atoms with Crippen molar-refractivity contribution in [2.75, 3.05) is 0 Å². The topological polar surface area (TPSA) is 85.5 Å². The third kappa shape index (κ3) is 2.86. The number of nitrogens with zero attached hydrogens (tertiary/aromatic N) is 2. The highest BCUT2D eigenvalue weighted by Crippen LogP contribution is 2.24. The molecule has 1 aromatic heterocycles. The lowest BCUT2D eigenvalue weighted by Crippen LogP contribution is -2.03. The number of aromatic carboxylic acids is 1. The smallest absolute Gasteiger partial charge is 0.339 e. The molecule has 2 aromatic rings. The second-order valence-corrected chi connectivity index (χ2v) is 4.36. The number of aromatic nitrogens is 2. The standard InChI is InChI=1S/C11H9BrN2O4/c1-6-13-14-10(18-6)5-17-9-4-7(12)2-3-8(9)11(15)16/h2-4H,5H2,1H3,(H,15,16). The lowest BCUT2D eigenvalue weighted by molar-refractivity contribution is 0.0691. The van der Waals surface area contributed by atoms with Crippen LogP contribution in [-0.4, -0.2) is 21.3 Å². The van der Waals surface area contributed by atoms with Crippen molar-refractivity contribution in [1.82, 2.24) is 10.2 Å². The van der Waals surface area contributed by atoms with Crippen molar-refractivity contribution in [1.29, 1.82) is 0 Å². The Hall–Kier alpha value is -1.89. The fourth-order valence-electron chi connectivity index (χ4n) is 1.33. The van der Waals surface area contributed by atoms with Crippen molar-refractivity contribution in [3.8, 4) is 5.75 Å². The van der Waals surface area contributed by atoms with Crippen molar-refractivity contribution in [2.24, 2.45) is 0 Å². The summed E-state index contributed by atoms with van der Waals surface area (Å²) in [5, 5.41) is 16.4. The minimum absolute atomic E-state index is 0.0254. The summed E-state index contributed by atoms with van der Waals surface area (Å²) >= 11 is 3.25. The molecule has 0 amide bonds. The van der Waals surface area contributed by atoms with Gasteiger partial charge in [0.05, 0.1) is 0 Å². The first-order valence-corrected chi connectivity index (χ1v) is 5.80. The summed E-state index contributed by atoms with van der Waals surface area (Å²) in [4.78, 5) is 11.0. The van der Waals surface area contributed by atoms with E-state index in [2.05, 4.69) is 26.1 Å². The van der Waals surface area contributed by atoms with E-state index in [4.69, 9.17) is 14.3 Å². The molecule has 6 nitrogen and oxygen atoms in total. The number of carboxylic acid groups (broad SMARTS) is 1. The van der Waals surface area contributed by atoms with Gasteiger partial charge in [-0.1, -0.05) is 15.9 Å². The van der Waals surface area contributed by atoms with Crippen LogP contribution in [0, 0.1) is 6.92 Å². The Morgan fingerprint density at radius 2 is 2.28 bits per heavy atom. The molecule has 2 rings (SSSR count). The van der Waals surface area contributed by atoms with E-state index in [1.807, 2.05) is 0 Å². The summed E-state index contributed by atoms with van der Waals surface area (Å²) in [6.45, 7) is 1.69. The number of halogens is 1. The molecular weight excluding hydrogens is 304 g/mol. The Morgan fingerprint density at radius 1 is 1.50 bits per heavy atom. The molecule has 94 valence electrons. The molecule has 1 heterocycles. The SMILES string of the molecule is Cc1nnc(COc2cc(Br)ccc2C(=O)O)o1. The average molecular weight is 313 g/mol. The second-order valence-electron chi connectivity index (χ2n) is 3.45. The maximum Gasteiger partial charge on any atom is 0.339 e. The zero-order valence-corrected chi connectivity index (χ0v) is 11.0. The number of carbonyl (C=O) groups is 1. The van der Waals surface area contributed by atoms with Crippen molar-refractivity contribution < 1.29 is 19.1 Å². The monoisotopic (exact) mass is 312 g/mol. The average Bonchev–Trinajstić information content (AvgIpc) is 2.72. The molecule has 1 N–H and O–H groups in total. The van der Waals surface area contributed by atoms with Crippen LogP contribution in [0.15, 0.2) is 27.1 Å².